The van der Waals surface area contributed by atoms with Crippen LogP contribution in [0.4, 0.5) is 11.4 Å². The van der Waals surface area contributed by atoms with Gasteiger partial charge in [-0.2, -0.15) is 38.2 Å². The first kappa shape index (κ1) is 54.0. The summed E-state index contributed by atoms with van der Waals surface area (Å²) in [5.74, 6) is -3.29. The first-order valence-corrected chi connectivity index (χ1v) is 27.2. The molecule has 3 heterocycles. The van der Waals surface area contributed by atoms with Gasteiger partial charge in [-0.15, -0.1) is 5.06 Å². The zero-order chi connectivity index (χ0) is 50.3. The molecule has 25 heteroatoms. The van der Waals surface area contributed by atoms with Crippen molar-refractivity contribution in [1.29, 1.82) is 0 Å². The third-order valence-electron chi connectivity index (χ3n) is 11.8. The van der Waals surface area contributed by atoms with Gasteiger partial charge in [0.2, 0.25) is 5.69 Å². The lowest BCUT2D eigenvalue weighted by molar-refractivity contribution is -0.442. The van der Waals surface area contributed by atoms with Gasteiger partial charge in [-0.25, -0.2) is 4.79 Å². The molecule has 3 aliphatic rings. The first-order valence-electron chi connectivity index (χ1n) is 21.1. The first-order chi connectivity index (χ1) is 31.7. The largest absolute Gasteiger partial charge is 0.383 e. The van der Waals surface area contributed by atoms with Gasteiger partial charge < -0.3 is 19.2 Å². The van der Waals surface area contributed by atoms with Crippen LogP contribution in [0.15, 0.2) is 94.4 Å². The maximum absolute atomic E-state index is 12.3. The van der Waals surface area contributed by atoms with E-state index in [1.807, 2.05) is 4.90 Å². The van der Waals surface area contributed by atoms with E-state index in [0.29, 0.717) is 45.5 Å². The predicted octanol–water partition coefficient (Wildman–Crippen LogP) is 3.86. The molecule has 2 atom stereocenters. The summed E-state index contributed by atoms with van der Waals surface area (Å²) in [6, 6.07) is 8.10. The average Bonchev–Trinajstić information content (AvgIpc) is 3.76. The van der Waals surface area contributed by atoms with Crippen LogP contribution in [0.3, 0.4) is 0 Å². The molecule has 5 rings (SSSR count). The highest BCUT2D eigenvalue weighted by atomic mass is 32.2. The number of methoxy groups -OCH3 is 1. The summed E-state index contributed by atoms with van der Waals surface area (Å²) in [5.41, 5.74) is 1.09. The van der Waals surface area contributed by atoms with E-state index in [1.165, 1.54) is 37.4 Å². The maximum Gasteiger partial charge on any atom is 0.335 e. The number of anilines is 1. The van der Waals surface area contributed by atoms with Crippen molar-refractivity contribution in [1.82, 2.24) is 5.06 Å². The number of hydrogen-bond acceptors (Lipinski definition) is 15. The molecular weight excluding hydrogens is 975 g/mol. The van der Waals surface area contributed by atoms with Gasteiger partial charge in [0.25, 0.3) is 52.3 Å². The normalized spacial score (nSPS) is 20.8. The molecule has 0 bridgehead atoms. The molecule has 0 radical (unpaired) electrons. The van der Waals surface area contributed by atoms with Crippen molar-refractivity contribution < 1.29 is 85.2 Å². The van der Waals surface area contributed by atoms with Crippen molar-refractivity contribution in [2.75, 3.05) is 56.4 Å². The fraction of sp³-hybridized carbons (Fsp3) is 0.442. The monoisotopic (exact) mass is 1030 g/mol. The van der Waals surface area contributed by atoms with Gasteiger partial charge in [-0.1, -0.05) is 30.4 Å². The Kier molecular flexibility index (Phi) is 17.3. The van der Waals surface area contributed by atoms with Gasteiger partial charge >= 0.3 is 5.97 Å². The molecule has 21 nitrogen and oxygen atoms in total. The number of nitrogens with zero attached hydrogens (tertiary/aromatic N) is 3. The fourth-order valence-corrected chi connectivity index (χ4v) is 10.5. The van der Waals surface area contributed by atoms with E-state index in [-0.39, 0.29) is 76.2 Å². The van der Waals surface area contributed by atoms with Crippen molar-refractivity contribution in [3.05, 3.63) is 95.8 Å². The van der Waals surface area contributed by atoms with Crippen LogP contribution >= 0.6 is 0 Å². The van der Waals surface area contributed by atoms with Crippen LogP contribution in [-0.4, -0.2) is 137 Å². The minimum atomic E-state index is -4.68. The number of hydroxylamine groups is 2. The Morgan fingerprint density at radius 2 is 1.29 bits per heavy atom. The lowest BCUT2D eigenvalue weighted by atomic mass is 9.76. The molecule has 0 saturated carbocycles. The Labute approximate surface area is 395 Å². The number of benzene rings is 2. The lowest BCUT2D eigenvalue weighted by Crippen LogP contribution is -2.33. The van der Waals surface area contributed by atoms with Gasteiger partial charge in [-0.05, 0) is 81.5 Å². The zero-order valence-electron chi connectivity index (χ0n) is 37.4. The second-order valence-corrected chi connectivity index (χ2v) is 22.5. The highest BCUT2D eigenvalue weighted by molar-refractivity contribution is 7.86. The van der Waals surface area contributed by atoms with Crippen LogP contribution in [-0.2, 0) is 80.0 Å². The number of carbonyl (C=O) groups is 3. The van der Waals surface area contributed by atoms with E-state index >= 15 is 0 Å². The highest BCUT2D eigenvalue weighted by Crippen LogP contribution is 2.51. The summed E-state index contributed by atoms with van der Waals surface area (Å²) in [6.45, 7) is 4.04. The second kappa shape index (κ2) is 21.8. The molecule has 2 unspecified atom stereocenters. The second-order valence-electron chi connectivity index (χ2n) is 16.5. The average molecular weight is 1030 g/mol. The third kappa shape index (κ3) is 13.4. The molecule has 3 aliphatic heterocycles. The summed E-state index contributed by atoms with van der Waals surface area (Å²) in [6.07, 6.45) is 11.6. The minimum Gasteiger partial charge on any atom is -0.383 e. The molecule has 1 fully saturated rings. The van der Waals surface area contributed by atoms with Crippen LogP contribution in [0.25, 0.3) is 0 Å². The number of imide groups is 1. The summed E-state index contributed by atoms with van der Waals surface area (Å²) in [7, 11) is -16.5. The topological polar surface area (TPSA) is 306 Å². The van der Waals surface area contributed by atoms with E-state index in [1.54, 1.807) is 67.0 Å². The summed E-state index contributed by atoms with van der Waals surface area (Å²) >= 11 is 0. The smallest absolute Gasteiger partial charge is 0.335 e. The number of carbonyl (C=O) groups excluding carboxylic acids is 3. The summed E-state index contributed by atoms with van der Waals surface area (Å²) < 4.78 is 148. The third-order valence-corrected chi connectivity index (χ3v) is 15.1. The van der Waals surface area contributed by atoms with Crippen molar-refractivity contribution >= 4 is 75.3 Å². The van der Waals surface area contributed by atoms with Crippen LogP contribution in [0.1, 0.15) is 69.9 Å². The number of fused-ring (bicyclic) bond motifs is 2. The SMILES string of the molecule is COCCN1C(=CC=CC=CC=CC2=[N+](CCOCCC(=O)ON3C(=O)CCC3=O)c3ccc(S(=O)(=O)O)cc3C2(C)CCCS(=O)(=O)O)C(C)(CCCS(=O)(=O)O)c2cc(S(=O)(=O)O)ccc21. The number of amides is 2. The summed E-state index contributed by atoms with van der Waals surface area (Å²) in [4.78, 5) is 42.0. The number of allylic oxidation sites excluding steroid dienone is 8. The van der Waals surface area contributed by atoms with Crippen molar-refractivity contribution in [3.63, 3.8) is 0 Å². The zero-order valence-corrected chi connectivity index (χ0v) is 40.6. The molecule has 1 saturated heterocycles. The summed E-state index contributed by atoms with van der Waals surface area (Å²) in [5, 5.41) is 0.427. The number of hydrogen-bond donors (Lipinski definition) is 4. The minimum absolute atomic E-state index is 0.00623. The quantitative estimate of drug-likeness (QED) is 0.0381. The Hall–Kier alpha value is -4.96. The van der Waals surface area contributed by atoms with Crippen LogP contribution < -0.4 is 4.90 Å². The van der Waals surface area contributed by atoms with E-state index in [4.69, 9.17) is 14.3 Å². The van der Waals surface area contributed by atoms with Gasteiger partial charge in [0.15, 0.2) is 12.3 Å². The van der Waals surface area contributed by atoms with E-state index < -0.39 is 85.5 Å². The van der Waals surface area contributed by atoms with Crippen LogP contribution in [0, 0.1) is 0 Å². The highest BCUT2D eigenvalue weighted by Gasteiger charge is 2.48. The van der Waals surface area contributed by atoms with Gasteiger partial charge in [-0.3, -0.25) is 27.8 Å². The Morgan fingerprint density at radius 3 is 1.88 bits per heavy atom. The molecular formula is C43H54N3O18S4+. The van der Waals surface area contributed by atoms with Crippen molar-refractivity contribution in [2.24, 2.45) is 0 Å². The number of rotatable bonds is 24. The number of ether oxygens (including phenoxy) is 2. The van der Waals surface area contributed by atoms with E-state index in [0.717, 1.165) is 0 Å². The molecule has 2 aromatic carbocycles. The van der Waals surface area contributed by atoms with Crippen molar-refractivity contribution in [2.45, 2.75) is 79.4 Å². The van der Waals surface area contributed by atoms with Gasteiger partial charge in [0.1, 0.15) is 6.61 Å². The van der Waals surface area contributed by atoms with Crippen molar-refractivity contribution in [3.8, 4) is 0 Å². The molecule has 0 aromatic heterocycles. The fourth-order valence-electron chi connectivity index (χ4n) is 8.50. The molecule has 0 aliphatic carbocycles. The molecule has 68 heavy (non-hydrogen) atoms. The van der Waals surface area contributed by atoms with Crippen LogP contribution in [0.2, 0.25) is 0 Å². The van der Waals surface area contributed by atoms with E-state index in [9.17, 15) is 66.3 Å². The molecule has 2 aromatic rings. The Morgan fingerprint density at radius 1 is 0.735 bits per heavy atom. The Balaban J connectivity index is 1.45. The van der Waals surface area contributed by atoms with Gasteiger partial charge in [0, 0.05) is 61.0 Å². The van der Waals surface area contributed by atoms with Gasteiger partial charge in [0.05, 0.1) is 46.3 Å². The molecule has 372 valence electrons. The molecule has 4 N–H and O–H groups in total. The molecule has 2 amide bonds. The van der Waals surface area contributed by atoms with E-state index in [2.05, 4.69) is 0 Å². The maximum atomic E-state index is 12.3. The van der Waals surface area contributed by atoms with Crippen LogP contribution in [0.5, 0.6) is 0 Å². The molecule has 0 spiro atoms. The predicted molar refractivity (Wildman–Crippen MR) is 246 cm³/mol. The lowest BCUT2D eigenvalue weighted by Gasteiger charge is -2.30. The standard InChI is InChI=1S/C43H53N3O18S4/c1-42(20-9-27-65(50,51)52)33-29-31(67(56,57)58)13-15-35(33)44(22-25-62-3)37(42)11-7-5-4-6-8-12-38-43(2,21-10-28-66(53,54)55)34-30-32(68(59,60)61)14-16-36(34)45(38)23-26-63-24-19-41(49)64-46-39(47)17-18-40(46)48/h4-8,11-16,29-30H,9-10,17-28H2,1-3H3,(H3-,50,51,52,53,54,55,56,57,58,59,60,61)/p+1. The Bertz CT molecular complexity index is 2890.